The van der Waals surface area contributed by atoms with Crippen LogP contribution in [-0.2, 0) is 10.6 Å². The summed E-state index contributed by atoms with van der Waals surface area (Å²) in [6.07, 6.45) is 0.450. The predicted molar refractivity (Wildman–Crippen MR) is 131 cm³/mol. The summed E-state index contributed by atoms with van der Waals surface area (Å²) >= 11 is 0. The molecule has 0 unspecified atom stereocenters. The average molecular weight is 524 g/mol. The quantitative estimate of drug-likeness (QED) is 0.285. The molecule has 0 spiro atoms. The van der Waals surface area contributed by atoms with Crippen molar-refractivity contribution in [2.45, 2.75) is 31.0 Å². The standard InChI is InChI=1S/C25H25N5O8/c1-38-17-10-8-16(9-11-17)30-21-19(20(27-30)22(26)32)24(34,35)13-28(23(21)33)14-4-6-15(7-5-14)29-18(31)3-2-12-25(29,36)37/h4-11,34-37H,2-3,12-13H2,1H3,(H2,26,32). The van der Waals surface area contributed by atoms with E-state index in [1.165, 1.54) is 31.4 Å². The Balaban J connectivity index is 1.57. The number of ether oxygens (including phenoxy) is 1. The van der Waals surface area contributed by atoms with Crippen molar-refractivity contribution in [1.82, 2.24) is 9.78 Å². The fraction of sp³-hybridized carbons (Fsp3) is 0.280. The Kier molecular flexibility index (Phi) is 5.95. The molecule has 2 aliphatic rings. The van der Waals surface area contributed by atoms with Gasteiger partial charge in [-0.25, -0.2) is 4.68 Å². The SMILES string of the molecule is COc1ccc(-n2nc(C(N)=O)c3c2C(=O)N(c2ccc(N4C(=O)CCCC4(O)O)cc2)CC3(O)O)cc1. The van der Waals surface area contributed by atoms with E-state index in [9.17, 15) is 34.8 Å². The maximum absolute atomic E-state index is 13.7. The minimum absolute atomic E-state index is 0.0248. The molecule has 0 bridgehead atoms. The van der Waals surface area contributed by atoms with Gasteiger partial charge in [0.05, 0.1) is 24.9 Å². The second-order valence-corrected chi connectivity index (χ2v) is 9.13. The van der Waals surface area contributed by atoms with Gasteiger partial charge < -0.3 is 35.8 Å². The summed E-state index contributed by atoms with van der Waals surface area (Å²) in [6.45, 7) is -0.653. The van der Waals surface area contributed by atoms with Gasteiger partial charge in [0.2, 0.25) is 11.7 Å². The van der Waals surface area contributed by atoms with Gasteiger partial charge in [0.1, 0.15) is 11.4 Å². The number of β-amino-alcohol motifs (C(OH)–C–C–N with tert-alkyl or cyclic N) is 2. The highest BCUT2D eigenvalue weighted by atomic mass is 16.5. The second-order valence-electron chi connectivity index (χ2n) is 9.13. The number of carbonyl (C=O) groups is 3. The molecular weight excluding hydrogens is 498 g/mol. The highest BCUT2D eigenvalue weighted by Crippen LogP contribution is 2.38. The molecule has 6 N–H and O–H groups in total. The maximum atomic E-state index is 13.7. The van der Waals surface area contributed by atoms with Crippen molar-refractivity contribution in [1.29, 1.82) is 0 Å². The van der Waals surface area contributed by atoms with Gasteiger partial charge in [0, 0.05) is 24.2 Å². The first-order valence-electron chi connectivity index (χ1n) is 11.7. The van der Waals surface area contributed by atoms with Crippen molar-refractivity contribution in [3.8, 4) is 11.4 Å². The number of nitrogens with zero attached hydrogens (tertiary/aromatic N) is 4. The molecule has 0 aliphatic carbocycles. The third-order valence-corrected chi connectivity index (χ3v) is 6.59. The Morgan fingerprint density at radius 2 is 1.58 bits per heavy atom. The molecule has 198 valence electrons. The number of benzene rings is 2. The molecule has 13 nitrogen and oxygen atoms in total. The lowest BCUT2D eigenvalue weighted by atomic mass is 9.96. The number of fused-ring (bicyclic) bond motifs is 1. The van der Waals surface area contributed by atoms with Crippen LogP contribution in [0.2, 0.25) is 0 Å². The molecule has 3 amide bonds. The highest BCUT2D eigenvalue weighted by Gasteiger charge is 2.48. The van der Waals surface area contributed by atoms with Gasteiger partial charge >= 0.3 is 0 Å². The number of piperidine rings is 1. The summed E-state index contributed by atoms with van der Waals surface area (Å²) in [5, 5.41) is 46.6. The molecule has 0 atom stereocenters. The van der Waals surface area contributed by atoms with Crippen molar-refractivity contribution >= 4 is 29.1 Å². The van der Waals surface area contributed by atoms with Gasteiger partial charge in [-0.2, -0.15) is 5.10 Å². The first-order chi connectivity index (χ1) is 17.9. The second kappa shape index (κ2) is 8.92. The van der Waals surface area contributed by atoms with E-state index in [0.717, 1.165) is 14.5 Å². The summed E-state index contributed by atoms with van der Waals surface area (Å²) in [5.41, 5.74) is 5.03. The number of nitrogens with two attached hydrogens (primary N) is 1. The van der Waals surface area contributed by atoms with Crippen LogP contribution in [0.25, 0.3) is 5.69 Å². The predicted octanol–water partition coefficient (Wildman–Crippen LogP) is -0.0671. The van der Waals surface area contributed by atoms with Crippen LogP contribution in [0.1, 0.15) is 45.8 Å². The van der Waals surface area contributed by atoms with Gasteiger partial charge in [-0.05, 0) is 55.0 Å². The minimum atomic E-state index is -2.69. The lowest BCUT2D eigenvalue weighted by Gasteiger charge is -2.39. The van der Waals surface area contributed by atoms with Gasteiger partial charge in [0.15, 0.2) is 5.69 Å². The molecular formula is C25H25N5O8. The van der Waals surface area contributed by atoms with Gasteiger partial charge in [0.25, 0.3) is 17.7 Å². The molecule has 1 saturated heterocycles. The van der Waals surface area contributed by atoms with Crippen molar-refractivity contribution in [3.63, 3.8) is 0 Å². The molecule has 0 radical (unpaired) electrons. The number of rotatable bonds is 5. The van der Waals surface area contributed by atoms with E-state index in [1.807, 2.05) is 0 Å². The third-order valence-electron chi connectivity index (χ3n) is 6.59. The number of amides is 3. The number of primary amides is 1. The van der Waals surface area contributed by atoms with Crippen molar-refractivity contribution < 1.29 is 39.5 Å². The van der Waals surface area contributed by atoms with Crippen molar-refractivity contribution in [2.75, 3.05) is 23.5 Å². The molecule has 13 heteroatoms. The summed E-state index contributed by atoms with van der Waals surface area (Å²) in [6, 6.07) is 12.0. The van der Waals surface area contributed by atoms with E-state index in [-0.39, 0.29) is 29.9 Å². The van der Waals surface area contributed by atoms with Crippen LogP contribution in [0.5, 0.6) is 5.75 Å². The number of methoxy groups -OCH3 is 1. The van der Waals surface area contributed by atoms with Gasteiger partial charge in [-0.15, -0.1) is 0 Å². The van der Waals surface area contributed by atoms with Gasteiger partial charge in [-0.3, -0.25) is 19.3 Å². The molecule has 1 aromatic heterocycles. The van der Waals surface area contributed by atoms with Crippen LogP contribution >= 0.6 is 0 Å². The van der Waals surface area contributed by atoms with Crippen LogP contribution in [0, 0.1) is 0 Å². The monoisotopic (exact) mass is 523 g/mol. The minimum Gasteiger partial charge on any atom is -0.497 e. The van der Waals surface area contributed by atoms with Crippen LogP contribution in [0.3, 0.4) is 0 Å². The summed E-state index contributed by atoms with van der Waals surface area (Å²) < 4.78 is 6.26. The molecule has 3 heterocycles. The number of anilines is 2. The molecule has 0 saturated carbocycles. The normalized spacial score (nSPS) is 18.3. The van der Waals surface area contributed by atoms with E-state index in [1.54, 1.807) is 24.3 Å². The van der Waals surface area contributed by atoms with E-state index in [4.69, 9.17) is 10.5 Å². The number of hydrogen-bond acceptors (Lipinski definition) is 9. The Morgan fingerprint density at radius 3 is 2.16 bits per heavy atom. The molecule has 2 aromatic carbocycles. The molecule has 1 fully saturated rings. The summed E-state index contributed by atoms with van der Waals surface area (Å²) in [5.74, 6) is -6.73. The Labute approximate surface area is 215 Å². The fourth-order valence-corrected chi connectivity index (χ4v) is 4.82. The fourth-order valence-electron chi connectivity index (χ4n) is 4.82. The number of carbonyl (C=O) groups excluding carboxylic acids is 3. The zero-order chi connectivity index (χ0) is 27.4. The van der Waals surface area contributed by atoms with E-state index in [2.05, 4.69) is 5.10 Å². The van der Waals surface area contributed by atoms with Crippen LogP contribution in [0.15, 0.2) is 48.5 Å². The maximum Gasteiger partial charge on any atom is 0.277 e. The number of aromatic nitrogens is 2. The average Bonchev–Trinajstić information content (AvgIpc) is 3.29. The van der Waals surface area contributed by atoms with E-state index in [0.29, 0.717) is 17.9 Å². The smallest absolute Gasteiger partial charge is 0.277 e. The highest BCUT2D eigenvalue weighted by molar-refractivity contribution is 6.10. The van der Waals surface area contributed by atoms with Crippen molar-refractivity contribution in [3.05, 3.63) is 65.5 Å². The number of hydrogen-bond donors (Lipinski definition) is 5. The van der Waals surface area contributed by atoms with Crippen LogP contribution in [0.4, 0.5) is 11.4 Å². The largest absolute Gasteiger partial charge is 0.497 e. The Morgan fingerprint density at radius 1 is 0.974 bits per heavy atom. The zero-order valence-corrected chi connectivity index (χ0v) is 20.2. The summed E-state index contributed by atoms with van der Waals surface area (Å²) in [7, 11) is 1.48. The first-order valence-corrected chi connectivity index (χ1v) is 11.7. The van der Waals surface area contributed by atoms with E-state index < -0.39 is 47.2 Å². The first kappa shape index (κ1) is 25.4. The Bertz CT molecular complexity index is 1430. The summed E-state index contributed by atoms with van der Waals surface area (Å²) in [4.78, 5) is 40.2. The lowest BCUT2D eigenvalue weighted by molar-refractivity contribution is -0.180. The van der Waals surface area contributed by atoms with Crippen LogP contribution in [-0.4, -0.2) is 67.5 Å². The van der Waals surface area contributed by atoms with Crippen molar-refractivity contribution in [2.24, 2.45) is 5.73 Å². The zero-order valence-electron chi connectivity index (χ0n) is 20.2. The molecule has 5 rings (SSSR count). The lowest BCUT2D eigenvalue weighted by Crippen LogP contribution is -2.55. The molecule has 2 aliphatic heterocycles. The Hall–Kier alpha value is -4.30. The topological polar surface area (TPSA) is 192 Å². The van der Waals surface area contributed by atoms with E-state index >= 15 is 0 Å². The van der Waals surface area contributed by atoms with Gasteiger partial charge in [-0.1, -0.05) is 0 Å². The third kappa shape index (κ3) is 4.07. The molecule has 38 heavy (non-hydrogen) atoms. The van der Waals surface area contributed by atoms with Crippen LogP contribution < -0.4 is 20.3 Å². The number of aliphatic hydroxyl groups is 4. The molecule has 3 aromatic rings.